The Morgan fingerprint density at radius 3 is 1.83 bits per heavy atom. The molecule has 292 valence electrons. The maximum Gasteiger partial charge on any atom is 0.308 e. The number of benzene rings is 2. The summed E-state index contributed by atoms with van der Waals surface area (Å²) < 4.78 is 49.0. The van der Waals surface area contributed by atoms with E-state index in [-0.39, 0.29) is 44.4 Å². The van der Waals surface area contributed by atoms with Gasteiger partial charge < -0.3 is 18.8 Å². The van der Waals surface area contributed by atoms with Crippen molar-refractivity contribution < 1.29 is 45.7 Å². The largest absolute Gasteiger partial charge is 0.460 e. The molecule has 0 fully saturated rings. The number of rotatable bonds is 20. The lowest BCUT2D eigenvalue weighted by molar-refractivity contribution is -0.156. The number of carbonyl (C=O) groups is 4. The number of ether oxygens (including phenoxy) is 2. The topological polar surface area (TPSA) is 146 Å². The van der Waals surface area contributed by atoms with E-state index >= 15 is 0 Å². The second-order valence-electron chi connectivity index (χ2n) is 15.9. The van der Waals surface area contributed by atoms with E-state index in [1.807, 2.05) is 50.2 Å². The highest BCUT2D eigenvalue weighted by Crippen LogP contribution is 2.37. The van der Waals surface area contributed by atoms with Gasteiger partial charge in [-0.15, -0.1) is 0 Å². The summed E-state index contributed by atoms with van der Waals surface area (Å²) in [5, 5.41) is 2.14. The summed E-state index contributed by atoms with van der Waals surface area (Å²) in [5.74, 6) is -2.71. The van der Waals surface area contributed by atoms with Crippen LogP contribution in [0.4, 0.5) is 0 Å². The van der Waals surface area contributed by atoms with Crippen molar-refractivity contribution in [2.75, 3.05) is 51.8 Å². The van der Waals surface area contributed by atoms with Crippen LogP contribution in [0.25, 0.3) is 0 Å². The van der Waals surface area contributed by atoms with Gasteiger partial charge in [0.1, 0.15) is 12.1 Å². The molecule has 2 aromatic rings. The molecule has 1 aliphatic rings. The first kappa shape index (κ1) is 43.7. The predicted octanol–water partition coefficient (Wildman–Crippen LogP) is 3.83. The minimum atomic E-state index is -3.95. The number of carbonyl (C=O) groups excluding carboxylic acids is 4. The van der Waals surface area contributed by atoms with E-state index in [4.69, 9.17) is 18.1 Å². The van der Waals surface area contributed by atoms with E-state index in [2.05, 4.69) is 45.0 Å². The first-order valence-corrected chi connectivity index (χ1v) is 21.4. The number of hydrogen-bond acceptors (Lipinski definition) is 10. The second-order valence-corrected chi connectivity index (χ2v) is 21.9. The molecule has 0 radical (unpaired) electrons. The molecule has 12 nitrogen and oxygen atoms in total. The highest BCUT2D eigenvalue weighted by Gasteiger charge is 2.50. The Labute approximate surface area is 316 Å². The Bertz CT molecular complexity index is 1630. The normalized spacial score (nSPS) is 14.2. The second kappa shape index (κ2) is 18.6. The number of imide groups is 1. The van der Waals surface area contributed by atoms with Gasteiger partial charge >= 0.3 is 5.97 Å². The molecule has 53 heavy (non-hydrogen) atoms. The van der Waals surface area contributed by atoms with Crippen molar-refractivity contribution in [2.45, 2.75) is 78.9 Å². The molecule has 0 saturated heterocycles. The highest BCUT2D eigenvalue weighted by molar-refractivity contribution is 7.86. The van der Waals surface area contributed by atoms with Gasteiger partial charge in [0.25, 0.3) is 30.2 Å². The van der Waals surface area contributed by atoms with E-state index in [1.165, 1.54) is 15.3 Å². The lowest BCUT2D eigenvalue weighted by Gasteiger charge is -2.43. The average molecular weight is 773 g/mol. The van der Waals surface area contributed by atoms with E-state index in [9.17, 15) is 27.6 Å². The zero-order valence-corrected chi connectivity index (χ0v) is 34.2. The van der Waals surface area contributed by atoms with Crippen LogP contribution in [0.5, 0.6) is 0 Å². The van der Waals surface area contributed by atoms with Crippen molar-refractivity contribution in [3.05, 3.63) is 72.8 Å². The molecule has 0 unspecified atom stereocenters. The number of hydrogen-bond donors (Lipinski definition) is 0. The van der Waals surface area contributed by atoms with Gasteiger partial charge in [0, 0.05) is 31.8 Å². The first-order chi connectivity index (χ1) is 24.7. The van der Waals surface area contributed by atoms with Gasteiger partial charge in [-0.2, -0.15) is 8.42 Å². The number of esters is 1. The van der Waals surface area contributed by atoms with Crippen molar-refractivity contribution in [1.82, 2.24) is 9.80 Å². The molecule has 1 heterocycles. The molecule has 3 rings (SSSR count). The van der Waals surface area contributed by atoms with Gasteiger partial charge in [-0.3, -0.25) is 28.3 Å². The Morgan fingerprint density at radius 1 is 0.774 bits per heavy atom. The Morgan fingerprint density at radius 2 is 1.32 bits per heavy atom. The smallest absolute Gasteiger partial charge is 0.308 e. The summed E-state index contributed by atoms with van der Waals surface area (Å²) >= 11 is 0. The van der Waals surface area contributed by atoms with Gasteiger partial charge in [0.15, 0.2) is 0 Å². The van der Waals surface area contributed by atoms with E-state index < -0.39 is 65.4 Å². The van der Waals surface area contributed by atoms with Crippen molar-refractivity contribution in [2.24, 2.45) is 5.41 Å². The first-order valence-electron chi connectivity index (χ1n) is 17.9. The molecule has 0 N–H and O–H groups in total. The van der Waals surface area contributed by atoms with E-state index in [1.54, 1.807) is 20.8 Å². The summed E-state index contributed by atoms with van der Waals surface area (Å²) in [5.41, 5.74) is -1.24. The monoisotopic (exact) mass is 772 g/mol. The number of amides is 3. The lowest BCUT2D eigenvalue weighted by Crippen LogP contribution is -2.66. The number of nitrogens with zero attached hydrogens (tertiary/aromatic N) is 2. The van der Waals surface area contributed by atoms with Gasteiger partial charge in [-0.25, -0.2) is 0 Å². The summed E-state index contributed by atoms with van der Waals surface area (Å²) in [6.07, 6.45) is 2.60. The van der Waals surface area contributed by atoms with Gasteiger partial charge in [0.2, 0.25) is 5.91 Å². The Balaban J connectivity index is 1.53. The predicted molar refractivity (Wildman–Crippen MR) is 205 cm³/mol. The van der Waals surface area contributed by atoms with Crippen LogP contribution < -0.4 is 10.4 Å². The van der Waals surface area contributed by atoms with Crippen LogP contribution in [0.15, 0.2) is 72.8 Å². The standard InChI is InChI=1S/C39H56N2O10SSi/c1-37(2,3)51-36(45)21-23-40(35(44)29-41-33(42)19-20-34(41)43)24-26-48-27-28-52(46,47)49-30-39(7,8)22-25-50-53(38(4,5)6,31-15-11-9-12-16-31)32-17-13-10-14-18-32/h9-20H,21-30H2,1-8H3. The van der Waals surface area contributed by atoms with Crippen LogP contribution in [-0.4, -0.2) is 108 Å². The third kappa shape index (κ3) is 13.3. The van der Waals surface area contributed by atoms with Crippen molar-refractivity contribution in [3.8, 4) is 0 Å². The van der Waals surface area contributed by atoms with Gasteiger partial charge in [-0.1, -0.05) is 95.3 Å². The van der Waals surface area contributed by atoms with E-state index in [0.29, 0.717) is 13.0 Å². The van der Waals surface area contributed by atoms with Crippen molar-refractivity contribution in [3.63, 3.8) is 0 Å². The third-order valence-electron chi connectivity index (χ3n) is 8.68. The summed E-state index contributed by atoms with van der Waals surface area (Å²) in [6, 6.07) is 20.6. The van der Waals surface area contributed by atoms with Crippen LogP contribution in [0.1, 0.15) is 68.2 Å². The fraction of sp³-hybridized carbons (Fsp3) is 0.538. The summed E-state index contributed by atoms with van der Waals surface area (Å²) in [4.78, 5) is 51.4. The molecule has 0 aliphatic carbocycles. The zero-order chi connectivity index (χ0) is 39.5. The molecule has 0 saturated carbocycles. The fourth-order valence-corrected chi connectivity index (χ4v) is 11.4. The summed E-state index contributed by atoms with van der Waals surface area (Å²) in [6.45, 7) is 15.2. The quantitative estimate of drug-likeness (QED) is 0.0640. The molecule has 2 aromatic carbocycles. The molecule has 1 aliphatic heterocycles. The molecule has 0 spiro atoms. The molecule has 3 amide bonds. The molecule has 0 aromatic heterocycles. The molecular weight excluding hydrogens is 717 g/mol. The van der Waals surface area contributed by atoms with Crippen molar-refractivity contribution >= 4 is 52.5 Å². The average Bonchev–Trinajstić information content (AvgIpc) is 3.38. The van der Waals surface area contributed by atoms with Crippen LogP contribution >= 0.6 is 0 Å². The molecule has 0 atom stereocenters. The Hall–Kier alpha value is -3.69. The molecule has 0 bridgehead atoms. The maximum atomic E-state index is 13.0. The third-order valence-corrected chi connectivity index (χ3v) is 14.9. The van der Waals surface area contributed by atoms with Crippen LogP contribution in [0.2, 0.25) is 5.04 Å². The Kier molecular flexibility index (Phi) is 15.3. The van der Waals surface area contributed by atoms with Crippen LogP contribution in [0, 0.1) is 5.41 Å². The molecule has 14 heteroatoms. The minimum Gasteiger partial charge on any atom is -0.460 e. The lowest BCUT2D eigenvalue weighted by atomic mass is 9.91. The van der Waals surface area contributed by atoms with Crippen LogP contribution in [-0.2, 0) is 47.4 Å². The van der Waals surface area contributed by atoms with Crippen molar-refractivity contribution in [1.29, 1.82) is 0 Å². The molecular formula is C39H56N2O10SSi. The van der Waals surface area contributed by atoms with Gasteiger partial charge in [0.05, 0.1) is 32.0 Å². The highest BCUT2D eigenvalue weighted by atomic mass is 32.2. The minimum absolute atomic E-state index is 0.00938. The zero-order valence-electron chi connectivity index (χ0n) is 32.4. The van der Waals surface area contributed by atoms with Crippen LogP contribution in [0.3, 0.4) is 0 Å². The fourth-order valence-electron chi connectivity index (χ4n) is 5.86. The maximum absolute atomic E-state index is 13.0. The summed E-state index contributed by atoms with van der Waals surface area (Å²) in [7, 11) is -6.69. The SMILES string of the molecule is CC(C)(CCO[Si](c1ccccc1)(c1ccccc1)C(C)(C)C)COS(=O)(=O)CCOCCN(CCC(=O)OC(C)(C)C)C(=O)CN1C(=O)C=CC1=O. The van der Waals surface area contributed by atoms with Gasteiger partial charge in [-0.05, 0) is 48.0 Å². The van der Waals surface area contributed by atoms with E-state index in [0.717, 1.165) is 17.1 Å².